The summed E-state index contributed by atoms with van der Waals surface area (Å²) in [7, 11) is -2.71. The van der Waals surface area contributed by atoms with Gasteiger partial charge < -0.3 is 4.90 Å². The van der Waals surface area contributed by atoms with Gasteiger partial charge in [-0.15, -0.1) is 0 Å². The van der Waals surface area contributed by atoms with Crippen LogP contribution in [0.25, 0.3) is 0 Å². The van der Waals surface area contributed by atoms with Crippen LogP contribution < -0.4 is 0 Å². The van der Waals surface area contributed by atoms with Gasteiger partial charge in [0.1, 0.15) is 0 Å². The molecule has 0 heterocycles. The summed E-state index contributed by atoms with van der Waals surface area (Å²) in [5.41, 5.74) is 0. The molecule has 0 radical (unpaired) electrons. The molecule has 0 saturated carbocycles. The lowest BCUT2D eigenvalue weighted by Crippen LogP contribution is -2.30. The number of rotatable bonds is 37. The first kappa shape index (κ1) is 44.3. The molecular formula is C39H77NO4S. The average Bonchev–Trinajstić information content (AvgIpc) is 3.03. The predicted octanol–water partition coefficient (Wildman–Crippen LogP) is 12.3. The van der Waals surface area contributed by atoms with E-state index in [4.69, 9.17) is 4.18 Å². The Kier molecular flexibility index (Phi) is 35.6. The van der Waals surface area contributed by atoms with E-state index in [2.05, 4.69) is 47.2 Å². The molecule has 0 aliphatic rings. The maximum Gasteiger partial charge on any atom is 0.399 e. The Balaban J connectivity index is 3.88. The minimum atomic E-state index is -3.85. The molecule has 0 saturated heterocycles. The molecule has 268 valence electrons. The van der Waals surface area contributed by atoms with Crippen LogP contribution in [0.3, 0.4) is 0 Å². The van der Waals surface area contributed by atoms with Crippen LogP contribution in [0.4, 0.5) is 0 Å². The number of allylic oxidation sites excluding steroid dienone is 4. The van der Waals surface area contributed by atoms with E-state index >= 15 is 0 Å². The molecule has 0 aliphatic heterocycles. The number of nitrogens with zero attached hydrogens (tertiary/aromatic N) is 1. The SMILES string of the molecule is CCCCCCCC/C=C\CCCCCCCCN(CCCCCCCC/C=C\CCCCCCCC)CCOS(=O)(=O)OC. The summed E-state index contributed by atoms with van der Waals surface area (Å²) < 4.78 is 32.5. The Morgan fingerprint density at radius 3 is 1.09 bits per heavy atom. The Labute approximate surface area is 282 Å². The van der Waals surface area contributed by atoms with Gasteiger partial charge in [-0.25, -0.2) is 4.18 Å². The van der Waals surface area contributed by atoms with Crippen molar-refractivity contribution in [2.75, 3.05) is 33.4 Å². The van der Waals surface area contributed by atoms with Crippen molar-refractivity contribution >= 4 is 10.4 Å². The molecule has 0 bridgehead atoms. The molecule has 0 N–H and O–H groups in total. The third-order valence-electron chi connectivity index (χ3n) is 8.81. The zero-order valence-corrected chi connectivity index (χ0v) is 31.2. The second kappa shape index (κ2) is 36.2. The van der Waals surface area contributed by atoms with Crippen LogP contribution in [0.2, 0.25) is 0 Å². The summed E-state index contributed by atoms with van der Waals surface area (Å²) in [6.07, 6.45) is 46.4. The van der Waals surface area contributed by atoms with Gasteiger partial charge in [0, 0.05) is 6.54 Å². The number of hydrogen-bond donors (Lipinski definition) is 0. The van der Waals surface area contributed by atoms with Gasteiger partial charge in [-0.2, -0.15) is 8.42 Å². The molecule has 0 atom stereocenters. The largest absolute Gasteiger partial charge is 0.399 e. The third-order valence-corrected chi connectivity index (χ3v) is 9.68. The van der Waals surface area contributed by atoms with Gasteiger partial charge in [0.25, 0.3) is 0 Å². The predicted molar refractivity (Wildman–Crippen MR) is 197 cm³/mol. The fraction of sp³-hybridized carbons (Fsp3) is 0.897. The van der Waals surface area contributed by atoms with Gasteiger partial charge >= 0.3 is 10.4 Å². The van der Waals surface area contributed by atoms with Crippen molar-refractivity contribution in [3.8, 4) is 0 Å². The fourth-order valence-electron chi connectivity index (χ4n) is 5.82. The van der Waals surface area contributed by atoms with Crippen LogP contribution in [0.5, 0.6) is 0 Å². The Morgan fingerprint density at radius 2 is 0.756 bits per heavy atom. The van der Waals surface area contributed by atoms with Crippen LogP contribution in [-0.4, -0.2) is 46.7 Å². The molecule has 0 amide bonds. The normalized spacial score (nSPS) is 12.4. The summed E-state index contributed by atoms with van der Waals surface area (Å²) in [6, 6.07) is 0. The monoisotopic (exact) mass is 656 g/mol. The van der Waals surface area contributed by atoms with E-state index in [-0.39, 0.29) is 6.61 Å². The van der Waals surface area contributed by atoms with Gasteiger partial charge in [0.05, 0.1) is 13.7 Å². The number of hydrogen-bond acceptors (Lipinski definition) is 5. The van der Waals surface area contributed by atoms with E-state index in [1.807, 2.05) is 0 Å². The average molecular weight is 656 g/mol. The van der Waals surface area contributed by atoms with Crippen LogP contribution in [-0.2, 0) is 18.8 Å². The van der Waals surface area contributed by atoms with E-state index in [9.17, 15) is 8.42 Å². The van der Waals surface area contributed by atoms with E-state index in [0.717, 1.165) is 20.2 Å². The first-order valence-corrected chi connectivity index (χ1v) is 20.9. The lowest BCUT2D eigenvalue weighted by molar-refractivity contribution is 0.184. The van der Waals surface area contributed by atoms with Crippen LogP contribution in [0.15, 0.2) is 24.3 Å². The lowest BCUT2D eigenvalue weighted by Gasteiger charge is -2.22. The molecule has 0 rings (SSSR count). The highest BCUT2D eigenvalue weighted by Gasteiger charge is 2.11. The first-order valence-electron chi connectivity index (χ1n) is 19.5. The third kappa shape index (κ3) is 36.0. The molecule has 0 fully saturated rings. The van der Waals surface area contributed by atoms with Crippen molar-refractivity contribution in [2.24, 2.45) is 0 Å². The lowest BCUT2D eigenvalue weighted by atomic mass is 10.1. The summed E-state index contributed by atoms with van der Waals surface area (Å²) in [5, 5.41) is 0. The van der Waals surface area contributed by atoms with E-state index in [1.165, 1.54) is 180 Å². The van der Waals surface area contributed by atoms with Crippen LogP contribution >= 0.6 is 0 Å². The van der Waals surface area contributed by atoms with Crippen LogP contribution in [0.1, 0.15) is 194 Å². The van der Waals surface area contributed by atoms with E-state index in [1.54, 1.807) is 0 Å². The first-order chi connectivity index (χ1) is 22.1. The Hall–Kier alpha value is -0.690. The topological polar surface area (TPSA) is 55.8 Å². The Bertz CT molecular complexity index is 695. The molecular weight excluding hydrogens is 578 g/mol. The highest BCUT2D eigenvalue weighted by molar-refractivity contribution is 7.81. The number of unbranched alkanes of at least 4 members (excludes halogenated alkanes) is 24. The smallest absolute Gasteiger partial charge is 0.301 e. The molecule has 0 spiro atoms. The van der Waals surface area contributed by atoms with Gasteiger partial charge in [-0.3, -0.25) is 4.18 Å². The quantitative estimate of drug-likeness (QED) is 0.0492. The van der Waals surface area contributed by atoms with Crippen molar-refractivity contribution in [3.05, 3.63) is 24.3 Å². The van der Waals surface area contributed by atoms with Gasteiger partial charge in [-0.1, -0.05) is 154 Å². The van der Waals surface area contributed by atoms with E-state index in [0.29, 0.717) is 6.54 Å². The maximum absolute atomic E-state index is 11.5. The van der Waals surface area contributed by atoms with Crippen molar-refractivity contribution in [3.63, 3.8) is 0 Å². The summed E-state index contributed by atoms with van der Waals surface area (Å²) in [4.78, 5) is 2.38. The van der Waals surface area contributed by atoms with Gasteiger partial charge in [0.2, 0.25) is 0 Å². The highest BCUT2D eigenvalue weighted by Crippen LogP contribution is 2.13. The molecule has 0 aromatic heterocycles. The highest BCUT2D eigenvalue weighted by atomic mass is 32.3. The molecule has 6 heteroatoms. The van der Waals surface area contributed by atoms with Crippen molar-refractivity contribution in [2.45, 2.75) is 194 Å². The second-order valence-electron chi connectivity index (χ2n) is 13.1. The molecule has 0 aromatic rings. The maximum atomic E-state index is 11.5. The van der Waals surface area contributed by atoms with E-state index < -0.39 is 10.4 Å². The zero-order chi connectivity index (χ0) is 32.9. The standard InChI is InChI=1S/C39H77NO4S/c1-4-6-8-10-12-14-16-18-20-22-24-26-28-30-32-34-36-40(38-39-44-45(41,42)43-3)37-35-33-31-29-27-25-23-21-19-17-15-13-11-9-7-5-2/h18-21H,4-17,22-39H2,1-3H3/b20-18-,21-19-. The summed E-state index contributed by atoms with van der Waals surface area (Å²) in [6.45, 7) is 7.38. The van der Waals surface area contributed by atoms with Crippen LogP contribution in [0, 0.1) is 0 Å². The van der Waals surface area contributed by atoms with Gasteiger partial charge in [0.15, 0.2) is 0 Å². The van der Waals surface area contributed by atoms with Crippen molar-refractivity contribution in [1.29, 1.82) is 0 Å². The summed E-state index contributed by atoms with van der Waals surface area (Å²) >= 11 is 0. The minimum absolute atomic E-state index is 0.162. The fourth-order valence-corrected chi connectivity index (χ4v) is 6.19. The second-order valence-corrected chi connectivity index (χ2v) is 14.5. The Morgan fingerprint density at radius 1 is 0.444 bits per heavy atom. The van der Waals surface area contributed by atoms with Gasteiger partial charge in [-0.05, 0) is 77.3 Å². The molecule has 0 unspecified atom stereocenters. The van der Waals surface area contributed by atoms with Crippen molar-refractivity contribution in [1.82, 2.24) is 4.90 Å². The minimum Gasteiger partial charge on any atom is -0.301 e. The molecule has 0 aliphatic carbocycles. The van der Waals surface area contributed by atoms with Crippen molar-refractivity contribution < 1.29 is 16.8 Å². The molecule has 0 aromatic carbocycles. The summed E-state index contributed by atoms with van der Waals surface area (Å²) in [5.74, 6) is 0. The molecule has 45 heavy (non-hydrogen) atoms. The molecule has 5 nitrogen and oxygen atoms in total. The zero-order valence-electron chi connectivity index (χ0n) is 30.4.